The molecule has 0 unspecified atom stereocenters. The fraction of sp³-hybridized carbons (Fsp3) is 0.222. The second kappa shape index (κ2) is 6.02. The zero-order chi connectivity index (χ0) is 15.5. The molecule has 3 rings (SSSR count). The number of carboxylic acids is 1. The second-order valence-corrected chi connectivity index (χ2v) is 5.50. The molecule has 1 aliphatic carbocycles. The number of carbonyl (C=O) groups excluding carboxylic acids is 1. The summed E-state index contributed by atoms with van der Waals surface area (Å²) in [6, 6.07) is 14.7. The van der Waals surface area contributed by atoms with Crippen LogP contribution in [0.5, 0.6) is 5.75 Å². The van der Waals surface area contributed by atoms with Crippen molar-refractivity contribution in [3.8, 4) is 5.75 Å². The molecule has 22 heavy (non-hydrogen) atoms. The molecule has 0 saturated heterocycles. The largest absolute Gasteiger partial charge is 0.478 e. The number of hydrogen-bond donors (Lipinski definition) is 1. The van der Waals surface area contributed by atoms with Gasteiger partial charge in [0.05, 0.1) is 5.56 Å². The van der Waals surface area contributed by atoms with Gasteiger partial charge in [0.2, 0.25) is 0 Å². The molecular formula is C18H16O4. The first kappa shape index (κ1) is 14.3. The van der Waals surface area contributed by atoms with Crippen molar-refractivity contribution in [1.29, 1.82) is 0 Å². The first-order valence-electron chi connectivity index (χ1n) is 7.22. The number of rotatable bonds is 5. The monoisotopic (exact) mass is 296 g/mol. The lowest BCUT2D eigenvalue weighted by Gasteiger charge is -2.37. The van der Waals surface area contributed by atoms with Crippen LogP contribution in [0, 0.1) is 0 Å². The van der Waals surface area contributed by atoms with Gasteiger partial charge in [0.25, 0.3) is 6.47 Å². The van der Waals surface area contributed by atoms with Crippen LogP contribution in [0.25, 0.3) is 0 Å². The maximum absolute atomic E-state index is 10.9. The molecule has 112 valence electrons. The quantitative estimate of drug-likeness (QED) is 0.857. The van der Waals surface area contributed by atoms with Crippen LogP contribution in [0.3, 0.4) is 0 Å². The van der Waals surface area contributed by atoms with E-state index >= 15 is 0 Å². The minimum absolute atomic E-state index is 0.315. The highest BCUT2D eigenvalue weighted by Crippen LogP contribution is 2.49. The van der Waals surface area contributed by atoms with Crippen molar-refractivity contribution in [1.82, 2.24) is 0 Å². The molecule has 0 heterocycles. The van der Waals surface area contributed by atoms with Crippen molar-refractivity contribution in [2.75, 3.05) is 0 Å². The SMILES string of the molecule is O=COc1ccc([C@@H]2CC[C@@H]2c2ccc(C(=O)O)cc2)cc1. The van der Waals surface area contributed by atoms with Gasteiger partial charge < -0.3 is 9.84 Å². The Balaban J connectivity index is 1.75. The van der Waals surface area contributed by atoms with Gasteiger partial charge in [0, 0.05) is 0 Å². The fourth-order valence-corrected chi connectivity index (χ4v) is 3.02. The molecule has 2 aromatic carbocycles. The summed E-state index contributed by atoms with van der Waals surface area (Å²) >= 11 is 0. The van der Waals surface area contributed by atoms with E-state index < -0.39 is 5.97 Å². The Morgan fingerprint density at radius 2 is 1.45 bits per heavy atom. The van der Waals surface area contributed by atoms with E-state index in [0.29, 0.717) is 29.6 Å². The van der Waals surface area contributed by atoms with Crippen LogP contribution >= 0.6 is 0 Å². The Hall–Kier alpha value is -2.62. The summed E-state index contributed by atoms with van der Waals surface area (Å²) in [7, 11) is 0. The minimum Gasteiger partial charge on any atom is -0.478 e. The summed E-state index contributed by atoms with van der Waals surface area (Å²) < 4.78 is 4.80. The van der Waals surface area contributed by atoms with Crippen LogP contribution < -0.4 is 4.74 Å². The average molecular weight is 296 g/mol. The molecule has 1 fully saturated rings. The van der Waals surface area contributed by atoms with E-state index in [1.165, 1.54) is 11.1 Å². The average Bonchev–Trinajstić information content (AvgIpc) is 2.49. The summed E-state index contributed by atoms with van der Waals surface area (Å²) in [6.07, 6.45) is 2.21. The van der Waals surface area contributed by atoms with E-state index in [0.717, 1.165) is 12.8 Å². The van der Waals surface area contributed by atoms with Gasteiger partial charge in [0.1, 0.15) is 5.75 Å². The van der Waals surface area contributed by atoms with Gasteiger partial charge in [-0.1, -0.05) is 24.3 Å². The Morgan fingerprint density at radius 3 is 1.86 bits per heavy atom. The Labute approximate surface area is 128 Å². The third kappa shape index (κ3) is 2.72. The maximum atomic E-state index is 10.9. The van der Waals surface area contributed by atoms with Gasteiger partial charge in [-0.25, -0.2) is 4.79 Å². The maximum Gasteiger partial charge on any atom is 0.335 e. The third-order valence-corrected chi connectivity index (χ3v) is 4.35. The first-order valence-corrected chi connectivity index (χ1v) is 7.22. The highest BCUT2D eigenvalue weighted by atomic mass is 16.5. The topological polar surface area (TPSA) is 63.6 Å². The molecule has 0 radical (unpaired) electrons. The summed E-state index contributed by atoms with van der Waals surface area (Å²) in [5.41, 5.74) is 2.71. The van der Waals surface area contributed by atoms with Crippen molar-refractivity contribution in [3.05, 3.63) is 65.2 Å². The van der Waals surface area contributed by atoms with Crippen molar-refractivity contribution in [2.24, 2.45) is 0 Å². The number of benzene rings is 2. The van der Waals surface area contributed by atoms with Crippen molar-refractivity contribution >= 4 is 12.4 Å². The van der Waals surface area contributed by atoms with E-state index in [9.17, 15) is 9.59 Å². The Bertz CT molecular complexity index is 673. The lowest BCUT2D eigenvalue weighted by atomic mass is 9.67. The lowest BCUT2D eigenvalue weighted by Crippen LogP contribution is -2.21. The number of aromatic carboxylic acids is 1. The van der Waals surface area contributed by atoms with Gasteiger partial charge in [-0.15, -0.1) is 0 Å². The fourth-order valence-electron chi connectivity index (χ4n) is 3.02. The van der Waals surface area contributed by atoms with Gasteiger partial charge in [-0.05, 0) is 60.1 Å². The van der Waals surface area contributed by atoms with Gasteiger partial charge >= 0.3 is 5.97 Å². The number of ether oxygens (including phenoxy) is 1. The van der Waals surface area contributed by atoms with Crippen molar-refractivity contribution in [3.63, 3.8) is 0 Å². The van der Waals surface area contributed by atoms with Crippen LogP contribution in [0.1, 0.15) is 46.2 Å². The molecule has 0 bridgehead atoms. The molecule has 1 N–H and O–H groups in total. The summed E-state index contributed by atoms with van der Waals surface area (Å²) in [4.78, 5) is 21.2. The third-order valence-electron chi connectivity index (χ3n) is 4.35. The number of hydrogen-bond acceptors (Lipinski definition) is 3. The number of carbonyl (C=O) groups is 2. The molecule has 0 aliphatic heterocycles. The van der Waals surface area contributed by atoms with Crippen LogP contribution in [-0.4, -0.2) is 17.5 Å². The van der Waals surface area contributed by atoms with Gasteiger partial charge in [-0.2, -0.15) is 0 Å². The minimum atomic E-state index is -0.900. The van der Waals surface area contributed by atoms with Gasteiger partial charge in [0.15, 0.2) is 0 Å². The smallest absolute Gasteiger partial charge is 0.335 e. The molecule has 4 nitrogen and oxygen atoms in total. The highest BCUT2D eigenvalue weighted by molar-refractivity contribution is 5.87. The molecule has 0 spiro atoms. The Morgan fingerprint density at radius 1 is 0.955 bits per heavy atom. The predicted molar refractivity (Wildman–Crippen MR) is 81.3 cm³/mol. The zero-order valence-corrected chi connectivity index (χ0v) is 11.9. The van der Waals surface area contributed by atoms with E-state index in [2.05, 4.69) is 0 Å². The standard InChI is InChI=1S/C18H16O4/c19-11-22-15-7-5-13(6-8-15)17-10-9-16(17)12-1-3-14(4-2-12)18(20)21/h1-8,11,16-17H,9-10H2,(H,20,21)/t16-,17+/m1/s1. The van der Waals surface area contributed by atoms with Crippen LogP contribution in [0.2, 0.25) is 0 Å². The first-order chi connectivity index (χ1) is 10.7. The lowest BCUT2D eigenvalue weighted by molar-refractivity contribution is -0.120. The van der Waals surface area contributed by atoms with Crippen molar-refractivity contribution in [2.45, 2.75) is 24.7 Å². The van der Waals surface area contributed by atoms with Crippen LogP contribution in [0.15, 0.2) is 48.5 Å². The second-order valence-electron chi connectivity index (χ2n) is 5.50. The molecular weight excluding hydrogens is 280 g/mol. The molecule has 1 saturated carbocycles. The molecule has 2 atom stereocenters. The zero-order valence-electron chi connectivity index (χ0n) is 11.9. The van der Waals surface area contributed by atoms with E-state index in [1.807, 2.05) is 24.3 Å². The summed E-state index contributed by atoms with van der Waals surface area (Å²) in [5, 5.41) is 8.95. The van der Waals surface area contributed by atoms with Crippen LogP contribution in [0.4, 0.5) is 0 Å². The number of carboxylic acid groups (broad SMARTS) is 1. The molecule has 4 heteroatoms. The van der Waals surface area contributed by atoms with Crippen molar-refractivity contribution < 1.29 is 19.4 Å². The summed E-state index contributed by atoms with van der Waals surface area (Å²) in [5.74, 6) is 0.490. The van der Waals surface area contributed by atoms with Gasteiger partial charge in [-0.3, -0.25) is 4.79 Å². The molecule has 2 aromatic rings. The van der Waals surface area contributed by atoms with E-state index in [1.54, 1.807) is 24.3 Å². The van der Waals surface area contributed by atoms with Crippen LogP contribution in [-0.2, 0) is 4.79 Å². The normalized spacial score (nSPS) is 20.0. The molecule has 0 aromatic heterocycles. The molecule has 0 amide bonds. The van der Waals surface area contributed by atoms with E-state index in [4.69, 9.17) is 9.84 Å². The molecule has 1 aliphatic rings. The summed E-state index contributed by atoms with van der Waals surface area (Å²) in [6.45, 7) is 0.422. The van der Waals surface area contributed by atoms with E-state index in [-0.39, 0.29) is 0 Å². The predicted octanol–water partition coefficient (Wildman–Crippen LogP) is 3.58. The Kier molecular flexibility index (Phi) is 3.92. The highest BCUT2D eigenvalue weighted by Gasteiger charge is 2.33.